The molecule has 0 saturated carbocycles. The second kappa shape index (κ2) is 10.5. The molecule has 1 spiro atoms. The Kier molecular flexibility index (Phi) is 7.41. The summed E-state index contributed by atoms with van der Waals surface area (Å²) in [6.45, 7) is 8.28. The van der Waals surface area contributed by atoms with Crippen molar-refractivity contribution in [2.45, 2.75) is 89.8 Å². The van der Waals surface area contributed by atoms with Crippen LogP contribution in [0.25, 0.3) is 11.0 Å². The summed E-state index contributed by atoms with van der Waals surface area (Å²) in [5.74, 6) is -2.15. The number of hydrogen-bond donors (Lipinski definition) is 3. The van der Waals surface area contributed by atoms with Crippen LogP contribution in [0.3, 0.4) is 0 Å². The maximum absolute atomic E-state index is 14.3. The van der Waals surface area contributed by atoms with Gasteiger partial charge in [0.05, 0.1) is 35.6 Å². The van der Waals surface area contributed by atoms with Crippen LogP contribution in [-0.2, 0) is 25.8 Å². The third kappa shape index (κ3) is 4.30. The summed E-state index contributed by atoms with van der Waals surface area (Å²) in [6.07, 6.45) is 2.95. The van der Waals surface area contributed by atoms with Gasteiger partial charge in [0.15, 0.2) is 0 Å². The average molecular weight is 541 g/mol. The van der Waals surface area contributed by atoms with E-state index in [0.29, 0.717) is 37.7 Å². The molecule has 11 heteroatoms. The number of hydrogen-bond acceptors (Lipinski definition) is 7. The molecule has 212 valence electrons. The molecule has 3 N–H and O–H groups in total. The number of aliphatic hydroxyl groups is 1. The van der Waals surface area contributed by atoms with Gasteiger partial charge in [0.2, 0.25) is 17.7 Å². The lowest BCUT2D eigenvalue weighted by Gasteiger charge is -2.37. The molecular weight excluding hydrogens is 500 g/mol. The lowest BCUT2D eigenvalue weighted by Crippen LogP contribution is -2.58. The summed E-state index contributed by atoms with van der Waals surface area (Å²) < 4.78 is 8.37. The van der Waals surface area contributed by atoms with Crippen LogP contribution in [0.2, 0.25) is 0 Å². The Bertz CT molecular complexity index is 1250. The summed E-state index contributed by atoms with van der Waals surface area (Å²) in [6, 6.07) is 5.92. The first-order valence-corrected chi connectivity index (χ1v) is 14.2. The van der Waals surface area contributed by atoms with E-state index in [4.69, 9.17) is 4.74 Å². The number of carbonyl (C=O) groups is 3. The molecule has 11 nitrogen and oxygen atoms in total. The van der Waals surface area contributed by atoms with Gasteiger partial charge in [-0.1, -0.05) is 45.0 Å². The van der Waals surface area contributed by atoms with Crippen LogP contribution in [0, 0.1) is 17.8 Å². The normalized spacial score (nSPS) is 30.3. The maximum atomic E-state index is 14.3. The number of aromatic nitrogens is 3. The van der Waals surface area contributed by atoms with Gasteiger partial charge in [-0.3, -0.25) is 14.4 Å². The Labute approximate surface area is 228 Å². The molecular formula is C28H40N6O5. The largest absolute Gasteiger partial charge is 0.394 e. The zero-order chi connectivity index (χ0) is 27.9. The summed E-state index contributed by atoms with van der Waals surface area (Å²) in [4.78, 5) is 43.4. The van der Waals surface area contributed by atoms with Crippen LogP contribution < -0.4 is 10.6 Å². The second-order valence-corrected chi connectivity index (χ2v) is 11.6. The van der Waals surface area contributed by atoms with Gasteiger partial charge in [-0.25, -0.2) is 4.68 Å². The number of likely N-dealkylation sites (tertiary alicyclic amines) is 1. The number of amides is 3. The molecule has 1 aromatic carbocycles. The van der Waals surface area contributed by atoms with Gasteiger partial charge in [0.1, 0.15) is 23.8 Å². The van der Waals surface area contributed by atoms with E-state index in [-0.39, 0.29) is 36.9 Å². The highest BCUT2D eigenvalue weighted by Gasteiger charge is 2.79. The Hall–Kier alpha value is -3.05. The molecule has 3 saturated heterocycles. The van der Waals surface area contributed by atoms with E-state index in [9.17, 15) is 19.5 Å². The van der Waals surface area contributed by atoms with Crippen LogP contribution in [0.15, 0.2) is 24.3 Å². The van der Waals surface area contributed by atoms with Crippen LogP contribution in [-0.4, -0.2) is 79.2 Å². The average Bonchev–Trinajstić information content (AvgIpc) is 3.66. The highest BCUT2D eigenvalue weighted by Crippen LogP contribution is 2.64. The third-order valence-electron chi connectivity index (χ3n) is 8.87. The van der Waals surface area contributed by atoms with Crippen LogP contribution in [0.1, 0.15) is 59.8 Å². The van der Waals surface area contributed by atoms with Gasteiger partial charge in [-0.2, -0.15) is 0 Å². The highest BCUT2D eigenvalue weighted by molar-refractivity contribution is 5.99. The number of para-hydroxylation sites is 1. The number of nitrogens with one attached hydrogen (secondary N) is 2. The number of nitrogens with zero attached hydrogens (tertiary/aromatic N) is 4. The molecule has 3 amide bonds. The van der Waals surface area contributed by atoms with E-state index in [2.05, 4.69) is 20.9 Å². The molecule has 2 unspecified atom stereocenters. The Morgan fingerprint density at radius 2 is 1.95 bits per heavy atom. The zero-order valence-corrected chi connectivity index (χ0v) is 23.2. The van der Waals surface area contributed by atoms with Crippen molar-refractivity contribution in [3.63, 3.8) is 0 Å². The van der Waals surface area contributed by atoms with E-state index in [1.165, 1.54) is 4.90 Å². The minimum Gasteiger partial charge on any atom is -0.394 e. The number of fused-ring (bicyclic) bond motifs is 2. The van der Waals surface area contributed by atoms with E-state index in [1.54, 1.807) is 4.68 Å². The molecule has 2 bridgehead atoms. The Morgan fingerprint density at radius 1 is 1.18 bits per heavy atom. The van der Waals surface area contributed by atoms with E-state index in [0.717, 1.165) is 11.9 Å². The molecule has 3 aliphatic rings. The molecule has 4 heterocycles. The van der Waals surface area contributed by atoms with E-state index >= 15 is 0 Å². The first kappa shape index (κ1) is 27.5. The Morgan fingerprint density at radius 3 is 2.64 bits per heavy atom. The van der Waals surface area contributed by atoms with Gasteiger partial charge in [0.25, 0.3) is 0 Å². The lowest BCUT2D eigenvalue weighted by molar-refractivity contribution is -0.151. The summed E-state index contributed by atoms with van der Waals surface area (Å²) in [5.41, 5.74) is -0.446. The molecule has 0 aliphatic carbocycles. The fourth-order valence-electron chi connectivity index (χ4n) is 7.21. The van der Waals surface area contributed by atoms with Crippen molar-refractivity contribution in [2.75, 3.05) is 13.2 Å². The first-order chi connectivity index (χ1) is 18.7. The van der Waals surface area contributed by atoms with Crippen molar-refractivity contribution >= 4 is 28.8 Å². The molecule has 3 fully saturated rings. The predicted molar refractivity (Wildman–Crippen MR) is 143 cm³/mol. The van der Waals surface area contributed by atoms with Gasteiger partial charge in [-0.15, -0.1) is 5.10 Å². The minimum absolute atomic E-state index is 0.0614. The van der Waals surface area contributed by atoms with Gasteiger partial charge >= 0.3 is 0 Å². The smallest absolute Gasteiger partial charge is 0.247 e. The van der Waals surface area contributed by atoms with Gasteiger partial charge in [0, 0.05) is 6.54 Å². The van der Waals surface area contributed by atoms with Crippen LogP contribution >= 0.6 is 0 Å². The predicted octanol–water partition coefficient (Wildman–Crippen LogP) is 1.59. The lowest BCUT2D eigenvalue weighted by atomic mass is 9.65. The van der Waals surface area contributed by atoms with Crippen molar-refractivity contribution in [3.05, 3.63) is 24.3 Å². The molecule has 2 aromatic rings. The second-order valence-electron chi connectivity index (χ2n) is 11.6. The number of rotatable bonds is 11. The fraction of sp³-hybridized carbons (Fsp3) is 0.679. The summed E-state index contributed by atoms with van der Waals surface area (Å²) in [7, 11) is 0. The van der Waals surface area contributed by atoms with Crippen molar-refractivity contribution in [1.82, 2.24) is 30.5 Å². The summed E-state index contributed by atoms with van der Waals surface area (Å²) in [5, 5.41) is 24.7. The standard InChI is InChI=1S/C28H40N6O5/c1-5-13-29-24(36)21-22-26(38)34(18(15-35)14-17(3)4)23(28(22)12-11-27(21,6-2)39-28)25(37)30-16-33-20-10-8-7-9-19(20)31-32-33/h7-10,17-18,21-23,35H,5-6,11-16H2,1-4H3,(H,29,36)(H,30,37)/t18-,21+,22+,23?,27-,28?/m1/s1. The van der Waals surface area contributed by atoms with Crippen molar-refractivity contribution < 1.29 is 24.2 Å². The third-order valence-corrected chi connectivity index (χ3v) is 8.87. The van der Waals surface area contributed by atoms with Crippen molar-refractivity contribution in [3.8, 4) is 0 Å². The SMILES string of the molecule is CCCNC(=O)[C@@H]1[C@H]2C(=O)N([C@@H](CO)CC(C)C)C(C(=O)NCn3nnc4ccccc43)C23CC[C@@]1(CC)O3. The number of aliphatic hydroxyl groups excluding tert-OH is 1. The molecule has 3 aliphatic heterocycles. The van der Waals surface area contributed by atoms with Crippen molar-refractivity contribution in [1.29, 1.82) is 0 Å². The quantitative estimate of drug-likeness (QED) is 0.393. The molecule has 6 atom stereocenters. The Balaban J connectivity index is 1.51. The number of ether oxygens (including phenoxy) is 1. The van der Waals surface area contributed by atoms with Gasteiger partial charge in [-0.05, 0) is 50.2 Å². The first-order valence-electron chi connectivity index (χ1n) is 14.2. The van der Waals surface area contributed by atoms with Gasteiger partial charge < -0.3 is 25.4 Å². The van der Waals surface area contributed by atoms with Crippen molar-refractivity contribution in [2.24, 2.45) is 17.8 Å². The molecule has 0 radical (unpaired) electrons. The number of carbonyl (C=O) groups excluding carboxylic acids is 3. The number of benzene rings is 1. The fourth-order valence-corrected chi connectivity index (χ4v) is 7.21. The molecule has 39 heavy (non-hydrogen) atoms. The van der Waals surface area contributed by atoms with Crippen LogP contribution in [0.4, 0.5) is 0 Å². The highest BCUT2D eigenvalue weighted by atomic mass is 16.5. The zero-order valence-electron chi connectivity index (χ0n) is 23.2. The molecule has 1 aromatic heterocycles. The van der Waals surface area contributed by atoms with Crippen LogP contribution in [0.5, 0.6) is 0 Å². The minimum atomic E-state index is -1.14. The van der Waals surface area contributed by atoms with E-state index in [1.807, 2.05) is 52.0 Å². The topological polar surface area (TPSA) is 139 Å². The monoisotopic (exact) mass is 540 g/mol. The molecule has 5 rings (SSSR count). The summed E-state index contributed by atoms with van der Waals surface area (Å²) >= 11 is 0. The maximum Gasteiger partial charge on any atom is 0.247 e. The van der Waals surface area contributed by atoms with E-state index < -0.39 is 35.1 Å².